The van der Waals surface area contributed by atoms with Gasteiger partial charge in [0.15, 0.2) is 11.6 Å². The van der Waals surface area contributed by atoms with Crippen molar-refractivity contribution in [2.24, 2.45) is 11.3 Å². The van der Waals surface area contributed by atoms with Crippen molar-refractivity contribution in [2.45, 2.75) is 65.8 Å². The van der Waals surface area contributed by atoms with Crippen LogP contribution in [0.2, 0.25) is 5.02 Å². The summed E-state index contributed by atoms with van der Waals surface area (Å²) in [5.41, 5.74) is 1.01. The highest BCUT2D eigenvalue weighted by atomic mass is 35.5. The number of unbranched alkanes of at least 4 members (excludes halogenated alkanes) is 1. The zero-order chi connectivity index (χ0) is 28.2. The molecule has 0 bridgehead atoms. The van der Waals surface area contributed by atoms with Crippen LogP contribution < -0.4 is 15.5 Å². The van der Waals surface area contributed by atoms with E-state index in [4.69, 9.17) is 11.6 Å². The van der Waals surface area contributed by atoms with Crippen molar-refractivity contribution in [1.29, 1.82) is 0 Å². The molecule has 1 fully saturated rings. The summed E-state index contributed by atoms with van der Waals surface area (Å²) in [5.74, 6) is 0.870. The van der Waals surface area contributed by atoms with E-state index >= 15 is 0 Å². The van der Waals surface area contributed by atoms with Gasteiger partial charge in [0.1, 0.15) is 0 Å². The molecule has 0 aliphatic carbocycles. The fourth-order valence-corrected chi connectivity index (χ4v) is 5.60. The largest absolute Gasteiger partial charge is 0.319 e. The molecule has 1 aromatic heterocycles. The molecule has 2 aliphatic heterocycles. The fraction of sp³-hybridized carbons (Fsp3) is 0.533. The van der Waals surface area contributed by atoms with Crippen molar-refractivity contribution in [3.63, 3.8) is 0 Å². The van der Waals surface area contributed by atoms with Gasteiger partial charge in [0.2, 0.25) is 5.91 Å². The van der Waals surface area contributed by atoms with Crippen molar-refractivity contribution in [1.82, 2.24) is 15.2 Å². The number of nitrogens with zero attached hydrogens (tertiary/aromatic N) is 3. The number of Topliss-reactive ketones (excluding diaryl/α,β-unsaturated/α-hetero) is 1. The number of hydrogen-bond acceptors (Lipinski definition) is 6. The summed E-state index contributed by atoms with van der Waals surface area (Å²) in [4.78, 5) is 47.1. The molecule has 0 radical (unpaired) electrons. The van der Waals surface area contributed by atoms with Crippen molar-refractivity contribution >= 4 is 46.4 Å². The molecule has 2 aliphatic rings. The van der Waals surface area contributed by atoms with Crippen LogP contribution in [0.15, 0.2) is 36.5 Å². The summed E-state index contributed by atoms with van der Waals surface area (Å²) >= 11 is 6.17. The first-order valence-corrected chi connectivity index (χ1v) is 14.3. The van der Waals surface area contributed by atoms with E-state index in [1.807, 2.05) is 27.7 Å². The zero-order valence-electron chi connectivity index (χ0n) is 23.4. The third kappa shape index (κ3) is 7.24. The van der Waals surface area contributed by atoms with Crippen LogP contribution in [0, 0.1) is 11.3 Å². The molecule has 3 heterocycles. The number of pyridine rings is 1. The fourth-order valence-electron chi connectivity index (χ4n) is 5.43. The number of aromatic nitrogens is 1. The molecule has 9 heteroatoms. The maximum Gasteiger partial charge on any atom is 0.257 e. The van der Waals surface area contributed by atoms with E-state index in [0.717, 1.165) is 51.7 Å². The SMILES string of the molecule is CC(NCCCCC1CCN(CC(=O)N2c3ccc(Cl)cc3C(=O)Nc3cccnc32)CC1)C(=O)C(C)(C)C. The van der Waals surface area contributed by atoms with Gasteiger partial charge in [0.25, 0.3) is 5.91 Å². The van der Waals surface area contributed by atoms with E-state index in [9.17, 15) is 14.4 Å². The minimum Gasteiger partial charge on any atom is -0.319 e. The average molecular weight is 554 g/mol. The molecule has 1 unspecified atom stereocenters. The average Bonchev–Trinajstić information content (AvgIpc) is 3.02. The smallest absolute Gasteiger partial charge is 0.257 e. The lowest BCUT2D eigenvalue weighted by Gasteiger charge is -2.33. The number of rotatable bonds is 9. The van der Waals surface area contributed by atoms with Gasteiger partial charge in [-0.3, -0.25) is 24.2 Å². The number of halogens is 1. The minimum atomic E-state index is -0.319. The first-order chi connectivity index (χ1) is 18.5. The Labute approximate surface area is 236 Å². The molecule has 1 saturated heterocycles. The van der Waals surface area contributed by atoms with Crippen molar-refractivity contribution in [2.75, 3.05) is 36.4 Å². The number of benzene rings is 1. The molecule has 2 N–H and O–H groups in total. The van der Waals surface area contributed by atoms with E-state index in [1.165, 1.54) is 0 Å². The number of amides is 2. The number of fused-ring (bicyclic) bond motifs is 2. The summed E-state index contributed by atoms with van der Waals surface area (Å²) in [5, 5.41) is 6.66. The van der Waals surface area contributed by atoms with E-state index < -0.39 is 0 Å². The van der Waals surface area contributed by atoms with E-state index in [-0.39, 0.29) is 35.6 Å². The second-order valence-electron chi connectivity index (χ2n) is 11.7. The zero-order valence-corrected chi connectivity index (χ0v) is 24.2. The third-order valence-corrected chi connectivity index (χ3v) is 7.86. The van der Waals surface area contributed by atoms with Crippen LogP contribution in [0.1, 0.15) is 70.2 Å². The standard InChI is InChI=1S/C30H40ClN5O3/c1-20(27(38)30(2,3)4)32-14-6-5-8-21-12-16-35(17-13-21)19-26(37)36-25-11-10-22(31)18-23(25)29(39)34-24-9-7-15-33-28(24)36/h7,9-11,15,18,20-21,32H,5-6,8,12-14,16-17,19H2,1-4H3,(H,34,39). The number of anilines is 3. The second kappa shape index (κ2) is 12.6. The maximum atomic E-state index is 13.7. The highest BCUT2D eigenvalue weighted by Gasteiger charge is 2.32. The summed E-state index contributed by atoms with van der Waals surface area (Å²) in [6.07, 6.45) is 7.08. The van der Waals surface area contributed by atoms with Gasteiger partial charge in [-0.25, -0.2) is 4.98 Å². The van der Waals surface area contributed by atoms with Gasteiger partial charge >= 0.3 is 0 Å². The number of hydrogen-bond donors (Lipinski definition) is 2. The second-order valence-corrected chi connectivity index (χ2v) is 12.2. The molecule has 2 amide bonds. The van der Waals surface area contributed by atoms with Crippen LogP contribution >= 0.6 is 11.6 Å². The van der Waals surface area contributed by atoms with E-state index in [2.05, 4.69) is 20.5 Å². The first kappa shape index (κ1) is 29.2. The Kier molecular flexibility index (Phi) is 9.41. The van der Waals surface area contributed by atoms with Gasteiger partial charge in [-0.15, -0.1) is 0 Å². The van der Waals surface area contributed by atoms with Crippen LogP contribution in [0.5, 0.6) is 0 Å². The molecule has 1 aromatic carbocycles. The van der Waals surface area contributed by atoms with Crippen LogP contribution in [0.25, 0.3) is 0 Å². The van der Waals surface area contributed by atoms with Crippen molar-refractivity contribution in [3.05, 3.63) is 47.1 Å². The monoisotopic (exact) mass is 553 g/mol. The van der Waals surface area contributed by atoms with Gasteiger partial charge in [-0.05, 0) is 82.1 Å². The predicted octanol–water partition coefficient (Wildman–Crippen LogP) is 5.44. The molecule has 8 nitrogen and oxygen atoms in total. The van der Waals surface area contributed by atoms with Crippen LogP contribution in [-0.2, 0) is 9.59 Å². The molecule has 0 spiro atoms. The summed E-state index contributed by atoms with van der Waals surface area (Å²) < 4.78 is 0. The van der Waals surface area contributed by atoms with Crippen molar-refractivity contribution in [3.8, 4) is 0 Å². The Hall–Kier alpha value is -2.81. The quantitative estimate of drug-likeness (QED) is 0.401. The number of carbonyl (C=O) groups is 3. The Balaban J connectivity index is 1.29. The third-order valence-electron chi connectivity index (χ3n) is 7.63. The van der Waals surface area contributed by atoms with Gasteiger partial charge in [-0.1, -0.05) is 45.2 Å². The van der Waals surface area contributed by atoms with Crippen LogP contribution in [0.3, 0.4) is 0 Å². The van der Waals surface area contributed by atoms with Gasteiger partial charge < -0.3 is 10.6 Å². The first-order valence-electron chi connectivity index (χ1n) is 13.9. The highest BCUT2D eigenvalue weighted by molar-refractivity contribution is 6.31. The summed E-state index contributed by atoms with van der Waals surface area (Å²) in [7, 11) is 0. The Morgan fingerprint density at radius 1 is 1.18 bits per heavy atom. The van der Waals surface area contributed by atoms with E-state index in [1.54, 1.807) is 41.4 Å². The molecule has 1 atom stereocenters. The normalized spacial score (nSPS) is 17.2. The topological polar surface area (TPSA) is 94.6 Å². The van der Waals surface area contributed by atoms with Crippen LogP contribution in [-0.4, -0.2) is 59.7 Å². The molecular formula is C30H40ClN5O3. The van der Waals surface area contributed by atoms with Crippen molar-refractivity contribution < 1.29 is 14.4 Å². The van der Waals surface area contributed by atoms with Gasteiger partial charge in [-0.2, -0.15) is 0 Å². The molecule has 2 aromatic rings. The van der Waals surface area contributed by atoms with E-state index in [0.29, 0.717) is 33.7 Å². The highest BCUT2D eigenvalue weighted by Crippen LogP contribution is 2.37. The Morgan fingerprint density at radius 2 is 1.92 bits per heavy atom. The predicted molar refractivity (Wildman–Crippen MR) is 156 cm³/mol. The minimum absolute atomic E-state index is 0.116. The molecular weight excluding hydrogens is 514 g/mol. The molecule has 0 saturated carbocycles. The van der Waals surface area contributed by atoms with Crippen LogP contribution in [0.4, 0.5) is 17.2 Å². The lowest BCUT2D eigenvalue weighted by atomic mass is 9.87. The lowest BCUT2D eigenvalue weighted by molar-refractivity contribution is -0.128. The number of likely N-dealkylation sites (tertiary alicyclic amines) is 1. The number of carbonyl (C=O) groups excluding carboxylic acids is 3. The lowest BCUT2D eigenvalue weighted by Crippen LogP contribution is -2.42. The Morgan fingerprint density at radius 3 is 2.64 bits per heavy atom. The summed E-state index contributed by atoms with van der Waals surface area (Å²) in [6, 6.07) is 8.35. The summed E-state index contributed by atoms with van der Waals surface area (Å²) in [6.45, 7) is 10.7. The molecule has 210 valence electrons. The molecule has 39 heavy (non-hydrogen) atoms. The number of nitrogens with one attached hydrogen (secondary N) is 2. The number of ketones is 1. The maximum absolute atomic E-state index is 13.7. The number of piperidine rings is 1. The van der Waals surface area contributed by atoms with Gasteiger partial charge in [0.05, 0.1) is 29.5 Å². The van der Waals surface area contributed by atoms with Gasteiger partial charge in [0, 0.05) is 16.6 Å². The Bertz CT molecular complexity index is 1200. The molecule has 4 rings (SSSR count).